The van der Waals surface area contributed by atoms with Gasteiger partial charge in [0.25, 0.3) is 0 Å². The fraction of sp³-hybridized carbons (Fsp3) is 0.786. The second-order valence-corrected chi connectivity index (χ2v) is 6.33. The lowest BCUT2D eigenvalue weighted by molar-refractivity contribution is -0.119. The first kappa shape index (κ1) is 16.3. The van der Waals surface area contributed by atoms with Gasteiger partial charge in [0.1, 0.15) is 5.82 Å². The van der Waals surface area contributed by atoms with Gasteiger partial charge in [-0.1, -0.05) is 37.4 Å². The highest BCUT2D eigenvalue weighted by Crippen LogP contribution is 2.19. The number of nitrogens with two attached hydrogens (primary N) is 1. The minimum atomic E-state index is 0.0897. The first-order chi connectivity index (χ1) is 10.2. The van der Waals surface area contributed by atoms with Gasteiger partial charge in [-0.05, 0) is 19.8 Å². The van der Waals surface area contributed by atoms with E-state index in [1.54, 1.807) is 0 Å². The molecule has 0 saturated heterocycles. The summed E-state index contributed by atoms with van der Waals surface area (Å²) < 4.78 is 1.96. The molecule has 1 amide bonds. The normalized spacial score (nSPS) is 16.7. The lowest BCUT2D eigenvalue weighted by Gasteiger charge is -2.15. The van der Waals surface area contributed by atoms with Gasteiger partial charge < -0.3 is 15.6 Å². The molecule has 2 rings (SSSR count). The smallest absolute Gasteiger partial charge is 0.230 e. The zero-order valence-corrected chi connectivity index (χ0v) is 13.5. The number of nitrogens with zero attached hydrogens (tertiary/aromatic N) is 3. The minimum absolute atomic E-state index is 0.0897. The molecule has 6 nitrogen and oxygen atoms in total. The second kappa shape index (κ2) is 8.38. The Bertz CT molecular complexity index is 454. The van der Waals surface area contributed by atoms with Crippen LogP contribution in [0.3, 0.4) is 0 Å². The number of carbonyl (C=O) groups excluding carboxylic acids is 1. The predicted molar refractivity (Wildman–Crippen MR) is 83.9 cm³/mol. The number of nitrogens with one attached hydrogen (secondary N) is 1. The standard InChI is InChI=1S/C14H25N5OS/c1-2-19-12(9-15)17-18-14(19)21-10-13(20)16-11-7-5-3-4-6-8-11/h11H,2-10,15H2,1H3,(H,16,20). The average Bonchev–Trinajstić information content (AvgIpc) is 2.72. The third-order valence-corrected chi connectivity index (χ3v) is 4.81. The summed E-state index contributed by atoms with van der Waals surface area (Å²) in [5.41, 5.74) is 5.62. The van der Waals surface area contributed by atoms with Crippen LogP contribution >= 0.6 is 11.8 Å². The molecular weight excluding hydrogens is 286 g/mol. The van der Waals surface area contributed by atoms with Gasteiger partial charge in [0.2, 0.25) is 5.91 Å². The van der Waals surface area contributed by atoms with E-state index in [0.717, 1.165) is 30.4 Å². The van der Waals surface area contributed by atoms with Crippen LogP contribution in [0.1, 0.15) is 51.3 Å². The molecule has 0 unspecified atom stereocenters. The van der Waals surface area contributed by atoms with Crippen LogP contribution in [-0.2, 0) is 17.9 Å². The van der Waals surface area contributed by atoms with E-state index in [9.17, 15) is 4.79 Å². The van der Waals surface area contributed by atoms with E-state index in [0.29, 0.717) is 18.3 Å². The van der Waals surface area contributed by atoms with Crippen LogP contribution in [0.25, 0.3) is 0 Å². The highest BCUT2D eigenvalue weighted by molar-refractivity contribution is 7.99. The van der Waals surface area contributed by atoms with Crippen molar-refractivity contribution in [2.24, 2.45) is 5.73 Å². The summed E-state index contributed by atoms with van der Waals surface area (Å²) in [7, 11) is 0. The third kappa shape index (κ3) is 4.71. The molecule has 1 aliphatic carbocycles. The maximum atomic E-state index is 12.1. The summed E-state index contributed by atoms with van der Waals surface area (Å²) in [6.45, 7) is 3.17. The van der Waals surface area contributed by atoms with Crippen LogP contribution in [0, 0.1) is 0 Å². The van der Waals surface area contributed by atoms with Crippen LogP contribution in [0.5, 0.6) is 0 Å². The van der Waals surface area contributed by atoms with Crippen molar-refractivity contribution in [1.82, 2.24) is 20.1 Å². The Morgan fingerprint density at radius 2 is 2.05 bits per heavy atom. The van der Waals surface area contributed by atoms with Crippen molar-refractivity contribution in [1.29, 1.82) is 0 Å². The molecule has 0 radical (unpaired) electrons. The van der Waals surface area contributed by atoms with Crippen molar-refractivity contribution in [2.45, 2.75) is 69.7 Å². The van der Waals surface area contributed by atoms with Crippen molar-refractivity contribution in [3.63, 3.8) is 0 Å². The van der Waals surface area contributed by atoms with Gasteiger partial charge in [-0.25, -0.2) is 0 Å². The van der Waals surface area contributed by atoms with Crippen molar-refractivity contribution < 1.29 is 4.79 Å². The van der Waals surface area contributed by atoms with Crippen LogP contribution in [0.15, 0.2) is 5.16 Å². The van der Waals surface area contributed by atoms with E-state index in [4.69, 9.17) is 5.73 Å². The van der Waals surface area contributed by atoms with E-state index in [2.05, 4.69) is 15.5 Å². The van der Waals surface area contributed by atoms with E-state index in [1.807, 2.05) is 11.5 Å². The fourth-order valence-corrected chi connectivity index (χ4v) is 3.55. The van der Waals surface area contributed by atoms with Gasteiger partial charge in [0, 0.05) is 12.6 Å². The molecule has 1 aliphatic rings. The molecule has 1 aromatic rings. The van der Waals surface area contributed by atoms with Crippen molar-refractivity contribution in [3.8, 4) is 0 Å². The Hall–Kier alpha value is -1.08. The van der Waals surface area contributed by atoms with Gasteiger partial charge in [-0.3, -0.25) is 4.79 Å². The number of carbonyl (C=O) groups is 1. The van der Waals surface area contributed by atoms with Crippen LogP contribution < -0.4 is 11.1 Å². The minimum Gasteiger partial charge on any atom is -0.353 e. The monoisotopic (exact) mass is 311 g/mol. The lowest BCUT2D eigenvalue weighted by atomic mass is 10.1. The summed E-state index contributed by atoms with van der Waals surface area (Å²) in [4.78, 5) is 12.1. The second-order valence-electron chi connectivity index (χ2n) is 5.39. The topological polar surface area (TPSA) is 85.8 Å². The zero-order chi connectivity index (χ0) is 15.1. The quantitative estimate of drug-likeness (QED) is 0.617. The Balaban J connectivity index is 1.82. The first-order valence-electron chi connectivity index (χ1n) is 7.79. The lowest BCUT2D eigenvalue weighted by Crippen LogP contribution is -2.35. The summed E-state index contributed by atoms with van der Waals surface area (Å²) in [5, 5.41) is 12.1. The zero-order valence-electron chi connectivity index (χ0n) is 12.7. The van der Waals surface area contributed by atoms with Crippen LogP contribution in [0.2, 0.25) is 0 Å². The van der Waals surface area contributed by atoms with Gasteiger partial charge >= 0.3 is 0 Å². The Labute approximate surface area is 130 Å². The number of thioether (sulfide) groups is 1. The molecule has 0 aliphatic heterocycles. The molecule has 0 atom stereocenters. The molecule has 3 N–H and O–H groups in total. The Kier molecular flexibility index (Phi) is 6.50. The van der Waals surface area contributed by atoms with Crippen LogP contribution in [-0.4, -0.2) is 32.5 Å². The Morgan fingerprint density at radius 3 is 2.67 bits per heavy atom. The molecule has 7 heteroatoms. The largest absolute Gasteiger partial charge is 0.353 e. The number of amides is 1. The summed E-state index contributed by atoms with van der Waals surface area (Å²) in [6, 6.07) is 0.351. The summed E-state index contributed by atoms with van der Waals surface area (Å²) in [6.07, 6.45) is 7.26. The molecule has 0 aromatic carbocycles. The highest BCUT2D eigenvalue weighted by atomic mass is 32.2. The summed E-state index contributed by atoms with van der Waals surface area (Å²) in [5.74, 6) is 1.25. The molecule has 21 heavy (non-hydrogen) atoms. The number of rotatable bonds is 6. The predicted octanol–water partition coefficient (Wildman–Crippen LogP) is 1.69. The van der Waals surface area contributed by atoms with E-state index in [1.165, 1.54) is 37.4 Å². The van der Waals surface area contributed by atoms with Gasteiger partial charge in [-0.15, -0.1) is 10.2 Å². The molecule has 0 spiro atoms. The molecule has 118 valence electrons. The van der Waals surface area contributed by atoms with E-state index < -0.39 is 0 Å². The van der Waals surface area contributed by atoms with Crippen molar-refractivity contribution in [2.75, 3.05) is 5.75 Å². The molecular formula is C14H25N5OS. The molecule has 1 aromatic heterocycles. The molecule has 0 bridgehead atoms. The number of hydrogen-bond acceptors (Lipinski definition) is 5. The molecule has 1 fully saturated rings. The van der Waals surface area contributed by atoms with Gasteiger partial charge in [0.15, 0.2) is 5.16 Å². The molecule has 1 saturated carbocycles. The van der Waals surface area contributed by atoms with E-state index in [-0.39, 0.29) is 5.91 Å². The first-order valence-corrected chi connectivity index (χ1v) is 8.77. The number of hydrogen-bond donors (Lipinski definition) is 2. The fourth-order valence-electron chi connectivity index (χ4n) is 2.72. The SMILES string of the molecule is CCn1c(CN)nnc1SCC(=O)NC1CCCCCC1. The number of aromatic nitrogens is 3. The Morgan fingerprint density at radius 1 is 1.33 bits per heavy atom. The van der Waals surface area contributed by atoms with E-state index >= 15 is 0 Å². The summed E-state index contributed by atoms with van der Waals surface area (Å²) >= 11 is 1.43. The maximum Gasteiger partial charge on any atom is 0.230 e. The van der Waals surface area contributed by atoms with Crippen molar-refractivity contribution in [3.05, 3.63) is 5.82 Å². The third-order valence-electron chi connectivity index (χ3n) is 3.84. The average molecular weight is 311 g/mol. The van der Waals surface area contributed by atoms with Crippen molar-refractivity contribution >= 4 is 17.7 Å². The molecule has 1 heterocycles. The van der Waals surface area contributed by atoms with Gasteiger partial charge in [-0.2, -0.15) is 0 Å². The highest BCUT2D eigenvalue weighted by Gasteiger charge is 2.16. The van der Waals surface area contributed by atoms with Crippen LogP contribution in [0.4, 0.5) is 0 Å². The van der Waals surface area contributed by atoms with Gasteiger partial charge in [0.05, 0.1) is 12.3 Å². The maximum absolute atomic E-state index is 12.1.